The summed E-state index contributed by atoms with van der Waals surface area (Å²) >= 11 is 1.37. The topological polar surface area (TPSA) is 84.3 Å². The van der Waals surface area contributed by atoms with Crippen molar-refractivity contribution in [3.8, 4) is 0 Å². The van der Waals surface area contributed by atoms with Crippen LogP contribution in [0.3, 0.4) is 0 Å². The number of halogens is 1. The molecule has 4 rings (SSSR count). The quantitative estimate of drug-likeness (QED) is 0.488. The van der Waals surface area contributed by atoms with E-state index in [9.17, 15) is 4.39 Å². The minimum Gasteiger partial charge on any atom is -0.323 e. The van der Waals surface area contributed by atoms with Crippen LogP contribution in [0, 0.1) is 12.7 Å². The van der Waals surface area contributed by atoms with Crippen molar-refractivity contribution >= 4 is 34.4 Å². The van der Waals surface area contributed by atoms with Gasteiger partial charge in [0.05, 0.1) is 17.1 Å². The maximum absolute atomic E-state index is 13.2. The predicted octanol–water partition coefficient (Wildman–Crippen LogP) is 4.65. The maximum Gasteiger partial charge on any atom is 0.196 e. The van der Waals surface area contributed by atoms with E-state index in [2.05, 4.69) is 46.4 Å². The number of nitrogens with one attached hydrogen (secondary N) is 2. The molecule has 0 atom stereocenters. The van der Waals surface area contributed by atoms with Gasteiger partial charge < -0.3 is 5.32 Å². The zero-order valence-corrected chi connectivity index (χ0v) is 16.8. The highest BCUT2D eigenvalue weighted by Gasteiger charge is 2.21. The number of anilines is 2. The van der Waals surface area contributed by atoms with Crippen LogP contribution in [0.25, 0.3) is 11.0 Å². The molecular weight excluding hydrogens is 377 g/mol. The Hall–Kier alpha value is -2.94. The van der Waals surface area contributed by atoms with Crippen LogP contribution in [0.15, 0.2) is 46.6 Å². The summed E-state index contributed by atoms with van der Waals surface area (Å²) in [6.07, 6.45) is 1.76. The van der Waals surface area contributed by atoms with Crippen molar-refractivity contribution in [2.24, 2.45) is 0 Å². The molecule has 4 aromatic rings. The monoisotopic (exact) mass is 397 g/mol. The Morgan fingerprint density at radius 3 is 2.54 bits per heavy atom. The number of aryl methyl sites for hydroxylation is 1. The highest BCUT2D eigenvalue weighted by molar-refractivity contribution is 7.99. The molecule has 3 aromatic heterocycles. The Labute approximate surface area is 165 Å². The molecule has 9 heteroatoms. The molecule has 3 heterocycles. The Bertz CT molecular complexity index is 1130. The second kappa shape index (κ2) is 6.90. The SMILES string of the molecule is Cc1cc(Nc2nc(Sc3ccc(F)cc3)nc3c2cnn3C(C)(C)C)n[nH]1. The zero-order valence-electron chi connectivity index (χ0n) is 16.0. The Kier molecular flexibility index (Phi) is 4.54. The molecule has 0 saturated carbocycles. The predicted molar refractivity (Wildman–Crippen MR) is 107 cm³/mol. The molecule has 0 aliphatic rings. The fraction of sp³-hybridized carbons (Fsp3) is 0.263. The van der Waals surface area contributed by atoms with Crippen molar-refractivity contribution in [3.63, 3.8) is 0 Å². The summed E-state index contributed by atoms with van der Waals surface area (Å²) in [4.78, 5) is 10.2. The number of rotatable bonds is 4. The van der Waals surface area contributed by atoms with Gasteiger partial charge in [-0.1, -0.05) is 0 Å². The molecule has 0 amide bonds. The third-order valence-corrected chi connectivity index (χ3v) is 4.89. The second-order valence-electron chi connectivity index (χ2n) is 7.44. The van der Waals surface area contributed by atoms with E-state index in [-0.39, 0.29) is 11.4 Å². The molecule has 0 radical (unpaired) electrons. The summed E-state index contributed by atoms with van der Waals surface area (Å²) < 4.78 is 15.1. The van der Waals surface area contributed by atoms with Crippen LogP contribution in [0.1, 0.15) is 26.5 Å². The highest BCUT2D eigenvalue weighted by Crippen LogP contribution is 2.32. The molecule has 0 aliphatic carbocycles. The lowest BCUT2D eigenvalue weighted by Gasteiger charge is -2.20. The van der Waals surface area contributed by atoms with E-state index in [1.54, 1.807) is 18.3 Å². The smallest absolute Gasteiger partial charge is 0.196 e. The van der Waals surface area contributed by atoms with E-state index < -0.39 is 0 Å². The first-order valence-corrected chi connectivity index (χ1v) is 9.60. The molecule has 2 N–H and O–H groups in total. The molecule has 1 aromatic carbocycles. The fourth-order valence-corrected chi connectivity index (χ4v) is 3.48. The average molecular weight is 397 g/mol. The van der Waals surface area contributed by atoms with Gasteiger partial charge in [0, 0.05) is 16.7 Å². The van der Waals surface area contributed by atoms with Gasteiger partial charge >= 0.3 is 0 Å². The van der Waals surface area contributed by atoms with Crippen molar-refractivity contribution in [1.82, 2.24) is 29.9 Å². The third kappa shape index (κ3) is 3.70. The second-order valence-corrected chi connectivity index (χ2v) is 8.48. The first-order chi connectivity index (χ1) is 13.3. The number of hydrogen-bond donors (Lipinski definition) is 2. The molecule has 0 saturated heterocycles. The summed E-state index contributed by atoms with van der Waals surface area (Å²) in [5.41, 5.74) is 1.43. The molecular formula is C19H20FN7S. The van der Waals surface area contributed by atoms with E-state index in [1.807, 2.05) is 17.7 Å². The van der Waals surface area contributed by atoms with Gasteiger partial charge in [-0.3, -0.25) is 5.10 Å². The normalized spacial score (nSPS) is 11.9. The van der Waals surface area contributed by atoms with Gasteiger partial charge in [0.1, 0.15) is 11.6 Å². The number of hydrogen-bond acceptors (Lipinski definition) is 6. The van der Waals surface area contributed by atoms with E-state index in [4.69, 9.17) is 4.98 Å². The fourth-order valence-electron chi connectivity index (χ4n) is 2.73. The average Bonchev–Trinajstić information content (AvgIpc) is 3.23. The first kappa shape index (κ1) is 18.4. The van der Waals surface area contributed by atoms with Crippen molar-refractivity contribution in [3.05, 3.63) is 48.0 Å². The molecule has 0 aliphatic heterocycles. The number of nitrogens with zero attached hydrogens (tertiary/aromatic N) is 5. The lowest BCUT2D eigenvalue weighted by molar-refractivity contribution is 0.365. The molecule has 0 unspecified atom stereocenters. The Morgan fingerprint density at radius 1 is 1.14 bits per heavy atom. The lowest BCUT2D eigenvalue weighted by atomic mass is 10.1. The van der Waals surface area contributed by atoms with Crippen molar-refractivity contribution in [2.45, 2.75) is 43.3 Å². The van der Waals surface area contributed by atoms with Crippen molar-refractivity contribution in [1.29, 1.82) is 0 Å². The summed E-state index contributed by atoms with van der Waals surface area (Å²) in [7, 11) is 0. The van der Waals surface area contributed by atoms with E-state index in [0.29, 0.717) is 16.8 Å². The van der Waals surface area contributed by atoms with Crippen LogP contribution in [0.5, 0.6) is 0 Å². The number of fused-ring (bicyclic) bond motifs is 1. The van der Waals surface area contributed by atoms with Crippen LogP contribution in [-0.4, -0.2) is 29.9 Å². The van der Waals surface area contributed by atoms with E-state index >= 15 is 0 Å². The summed E-state index contributed by atoms with van der Waals surface area (Å²) in [6.45, 7) is 8.14. The highest BCUT2D eigenvalue weighted by atomic mass is 32.2. The number of aromatic nitrogens is 6. The van der Waals surface area contributed by atoms with Gasteiger partial charge in [0.25, 0.3) is 0 Å². The van der Waals surface area contributed by atoms with Crippen LogP contribution in [0.4, 0.5) is 16.0 Å². The Morgan fingerprint density at radius 2 is 1.89 bits per heavy atom. The van der Waals surface area contributed by atoms with Crippen LogP contribution in [-0.2, 0) is 5.54 Å². The zero-order chi connectivity index (χ0) is 19.9. The molecule has 0 bridgehead atoms. The summed E-state index contributed by atoms with van der Waals surface area (Å²) in [6, 6.07) is 8.16. The van der Waals surface area contributed by atoms with Gasteiger partial charge in [-0.15, -0.1) is 0 Å². The Balaban J connectivity index is 1.81. The molecule has 0 fully saturated rings. The van der Waals surface area contributed by atoms with Gasteiger partial charge in [0.15, 0.2) is 16.6 Å². The van der Waals surface area contributed by atoms with Crippen LogP contribution >= 0.6 is 11.8 Å². The molecule has 144 valence electrons. The van der Waals surface area contributed by atoms with Crippen molar-refractivity contribution in [2.75, 3.05) is 5.32 Å². The standard InChI is InChI=1S/C19H20FN7S/c1-11-9-15(26-25-11)22-16-14-10-21-27(19(2,3)4)17(14)24-18(23-16)28-13-7-5-12(20)6-8-13/h5-10H,1-4H3,(H2,22,23,24,25,26). The number of H-pyrrole nitrogens is 1. The van der Waals surface area contributed by atoms with Gasteiger partial charge in [0.2, 0.25) is 0 Å². The van der Waals surface area contributed by atoms with E-state index in [1.165, 1.54) is 23.9 Å². The summed E-state index contributed by atoms with van der Waals surface area (Å²) in [5, 5.41) is 16.2. The van der Waals surface area contributed by atoms with Crippen LogP contribution in [0.2, 0.25) is 0 Å². The van der Waals surface area contributed by atoms with Crippen molar-refractivity contribution < 1.29 is 4.39 Å². The minimum atomic E-state index is -0.275. The molecule has 28 heavy (non-hydrogen) atoms. The lowest BCUT2D eigenvalue weighted by Crippen LogP contribution is -2.23. The van der Waals surface area contributed by atoms with Gasteiger partial charge in [-0.05, 0) is 63.7 Å². The third-order valence-electron chi connectivity index (χ3n) is 4.02. The number of benzene rings is 1. The van der Waals surface area contributed by atoms with Crippen LogP contribution < -0.4 is 5.32 Å². The first-order valence-electron chi connectivity index (χ1n) is 8.78. The molecule has 7 nitrogen and oxygen atoms in total. The van der Waals surface area contributed by atoms with E-state index in [0.717, 1.165) is 21.6 Å². The maximum atomic E-state index is 13.2. The minimum absolute atomic E-state index is 0.242. The largest absolute Gasteiger partial charge is 0.323 e. The number of aromatic amines is 1. The summed E-state index contributed by atoms with van der Waals surface area (Å²) in [5.74, 6) is 1.01. The van der Waals surface area contributed by atoms with Gasteiger partial charge in [-0.25, -0.2) is 19.0 Å². The molecule has 0 spiro atoms. The van der Waals surface area contributed by atoms with Gasteiger partial charge in [-0.2, -0.15) is 10.2 Å².